The van der Waals surface area contributed by atoms with Gasteiger partial charge in [0.2, 0.25) is 11.8 Å². The van der Waals surface area contributed by atoms with Gasteiger partial charge in [-0.1, -0.05) is 65.0 Å². The van der Waals surface area contributed by atoms with Gasteiger partial charge in [0.05, 0.1) is 7.11 Å². The smallest absolute Gasteiger partial charge is 0.408 e. The lowest BCUT2D eigenvalue weighted by atomic mass is 9.71. The molecule has 1 fully saturated rings. The Kier molecular flexibility index (Phi) is 12.0. The molecule has 1 saturated heterocycles. The maximum atomic E-state index is 13.7. The number of alkyl carbamates (subject to hydrolysis) is 1. The van der Waals surface area contributed by atoms with Crippen molar-refractivity contribution in [3.63, 3.8) is 0 Å². The predicted octanol–water partition coefficient (Wildman–Crippen LogP) is 3.05. The van der Waals surface area contributed by atoms with Crippen molar-refractivity contribution < 1.29 is 38.6 Å². The molecule has 12 nitrogen and oxygen atoms in total. The zero-order valence-electron chi connectivity index (χ0n) is 24.8. The lowest BCUT2D eigenvalue weighted by molar-refractivity contribution is -0.146. The number of hydrogen-bond donors (Lipinski definition) is 4. The topological polar surface area (TPSA) is 163 Å². The minimum Gasteiger partial charge on any atom is -0.467 e. The first-order chi connectivity index (χ1) is 19.2. The van der Waals surface area contributed by atoms with E-state index in [0.717, 1.165) is 10.5 Å². The number of rotatable bonds is 12. The molecular formula is C29H44N4O8. The first kappa shape index (κ1) is 33.4. The van der Waals surface area contributed by atoms with E-state index in [1.165, 1.54) is 7.11 Å². The number of methoxy groups -OCH3 is 1. The van der Waals surface area contributed by atoms with E-state index in [1.54, 1.807) is 34.6 Å². The average molecular weight is 577 g/mol. The third-order valence-corrected chi connectivity index (χ3v) is 7.42. The summed E-state index contributed by atoms with van der Waals surface area (Å²) in [5.41, 5.74) is -1.25. The van der Waals surface area contributed by atoms with Gasteiger partial charge < -0.3 is 30.5 Å². The van der Waals surface area contributed by atoms with Crippen molar-refractivity contribution in [1.29, 1.82) is 0 Å². The van der Waals surface area contributed by atoms with Crippen LogP contribution in [0.25, 0.3) is 0 Å². The number of amides is 4. The standard InChI is InChI=1S/C29H44N4O8/c1-19(2)22(32-25(36)29(28(3,4)5)15-11-17-33(29)27(38)39)23(34)31-21(24(35)40-6)14-10-16-30-26(37)41-18-20-12-8-7-9-13-20/h7-9,12-13,19,21-22H,10-11,14-18H2,1-6H3,(H,30,37)(H,31,34)(H,32,36)(H,38,39)/t21?,22?,29-/m1/s1. The molecule has 0 spiro atoms. The fourth-order valence-electron chi connectivity index (χ4n) is 5.15. The molecule has 0 aliphatic carbocycles. The molecule has 1 aliphatic heterocycles. The predicted molar refractivity (Wildman–Crippen MR) is 151 cm³/mol. The van der Waals surface area contributed by atoms with Crippen LogP contribution < -0.4 is 16.0 Å². The highest BCUT2D eigenvalue weighted by molar-refractivity contribution is 5.96. The van der Waals surface area contributed by atoms with Crippen LogP contribution in [0.1, 0.15) is 65.9 Å². The number of esters is 1. The van der Waals surface area contributed by atoms with Gasteiger partial charge in [-0.15, -0.1) is 0 Å². The highest BCUT2D eigenvalue weighted by Crippen LogP contribution is 2.44. The lowest BCUT2D eigenvalue weighted by Crippen LogP contribution is -2.67. The van der Waals surface area contributed by atoms with Crippen molar-refractivity contribution >= 4 is 30.0 Å². The second kappa shape index (κ2) is 14.7. The van der Waals surface area contributed by atoms with Crippen molar-refractivity contribution in [1.82, 2.24) is 20.9 Å². The molecule has 0 radical (unpaired) electrons. The molecule has 0 saturated carbocycles. The molecule has 228 valence electrons. The monoisotopic (exact) mass is 576 g/mol. The van der Waals surface area contributed by atoms with E-state index in [4.69, 9.17) is 9.47 Å². The second-order valence-electron chi connectivity index (χ2n) is 11.6. The molecule has 2 unspecified atom stereocenters. The van der Waals surface area contributed by atoms with E-state index in [0.29, 0.717) is 19.3 Å². The molecule has 4 N–H and O–H groups in total. The normalized spacial score (nSPS) is 18.3. The maximum absolute atomic E-state index is 13.7. The summed E-state index contributed by atoms with van der Waals surface area (Å²) in [5, 5.41) is 17.9. The Labute approximate surface area is 241 Å². The molecule has 3 atom stereocenters. The number of benzene rings is 1. The number of carboxylic acid groups (broad SMARTS) is 1. The van der Waals surface area contributed by atoms with Crippen molar-refractivity contribution in [3.8, 4) is 0 Å². The van der Waals surface area contributed by atoms with Gasteiger partial charge in [-0.3, -0.25) is 14.5 Å². The second-order valence-corrected chi connectivity index (χ2v) is 11.6. The van der Waals surface area contributed by atoms with Crippen molar-refractivity contribution in [2.24, 2.45) is 11.3 Å². The van der Waals surface area contributed by atoms with Crippen LogP contribution in [-0.4, -0.2) is 77.8 Å². The molecule has 12 heteroatoms. The quantitative estimate of drug-likeness (QED) is 0.218. The van der Waals surface area contributed by atoms with E-state index in [1.807, 2.05) is 30.3 Å². The Morgan fingerprint density at radius 1 is 1.07 bits per heavy atom. The van der Waals surface area contributed by atoms with Gasteiger partial charge in [-0.2, -0.15) is 0 Å². The molecule has 41 heavy (non-hydrogen) atoms. The van der Waals surface area contributed by atoms with Gasteiger partial charge in [0.15, 0.2) is 0 Å². The van der Waals surface area contributed by atoms with Gasteiger partial charge in [0, 0.05) is 13.1 Å². The van der Waals surface area contributed by atoms with Crippen LogP contribution in [0.5, 0.6) is 0 Å². The number of hydrogen-bond acceptors (Lipinski definition) is 7. The Morgan fingerprint density at radius 3 is 2.29 bits per heavy atom. The Morgan fingerprint density at radius 2 is 1.73 bits per heavy atom. The molecule has 4 amide bonds. The molecule has 1 aromatic carbocycles. The van der Waals surface area contributed by atoms with Crippen molar-refractivity contribution in [2.75, 3.05) is 20.2 Å². The number of ether oxygens (including phenoxy) is 2. The molecule has 0 aromatic heterocycles. The van der Waals surface area contributed by atoms with Crippen LogP contribution in [0, 0.1) is 11.3 Å². The van der Waals surface area contributed by atoms with Crippen molar-refractivity contribution in [3.05, 3.63) is 35.9 Å². The third kappa shape index (κ3) is 8.58. The zero-order chi connectivity index (χ0) is 30.8. The molecule has 0 bridgehead atoms. The van der Waals surface area contributed by atoms with Crippen LogP contribution in [0.15, 0.2) is 30.3 Å². The van der Waals surface area contributed by atoms with E-state index in [2.05, 4.69) is 16.0 Å². The molecule has 1 aliphatic rings. The summed E-state index contributed by atoms with van der Waals surface area (Å²) in [6.07, 6.45) is -0.457. The average Bonchev–Trinajstić information content (AvgIpc) is 3.39. The number of carbonyl (C=O) groups is 5. The van der Waals surface area contributed by atoms with E-state index < -0.39 is 53.0 Å². The van der Waals surface area contributed by atoms with Gasteiger partial charge in [0.1, 0.15) is 24.2 Å². The van der Waals surface area contributed by atoms with E-state index in [-0.39, 0.29) is 32.0 Å². The SMILES string of the molecule is COC(=O)C(CCCNC(=O)OCc1ccccc1)NC(=O)C(NC(=O)[C@@]1(C(C)(C)C)CCCN1C(=O)O)C(C)C. The highest BCUT2D eigenvalue weighted by atomic mass is 16.5. The first-order valence-electron chi connectivity index (χ1n) is 13.9. The van der Waals surface area contributed by atoms with E-state index in [9.17, 15) is 29.1 Å². The zero-order valence-corrected chi connectivity index (χ0v) is 24.8. The maximum Gasteiger partial charge on any atom is 0.408 e. The molecular weight excluding hydrogens is 532 g/mol. The summed E-state index contributed by atoms with van der Waals surface area (Å²) < 4.78 is 10.0. The summed E-state index contributed by atoms with van der Waals surface area (Å²) in [5.74, 6) is -2.18. The summed E-state index contributed by atoms with van der Waals surface area (Å²) in [4.78, 5) is 64.7. The Bertz CT molecular complexity index is 1070. The van der Waals surface area contributed by atoms with Gasteiger partial charge in [-0.05, 0) is 42.6 Å². The fraction of sp³-hybridized carbons (Fsp3) is 0.621. The number of nitrogens with one attached hydrogen (secondary N) is 3. The van der Waals surface area contributed by atoms with E-state index >= 15 is 0 Å². The van der Waals surface area contributed by atoms with Crippen molar-refractivity contribution in [2.45, 2.75) is 84.5 Å². The van der Waals surface area contributed by atoms with Gasteiger partial charge in [-0.25, -0.2) is 14.4 Å². The minimum absolute atomic E-state index is 0.122. The Hall–Kier alpha value is -3.83. The number of carbonyl (C=O) groups excluding carboxylic acids is 4. The van der Waals surface area contributed by atoms with Crippen LogP contribution >= 0.6 is 0 Å². The number of nitrogens with zero attached hydrogens (tertiary/aromatic N) is 1. The molecule has 1 heterocycles. The number of likely N-dealkylation sites (tertiary alicyclic amines) is 1. The van der Waals surface area contributed by atoms with Crippen LogP contribution in [0.3, 0.4) is 0 Å². The largest absolute Gasteiger partial charge is 0.467 e. The summed E-state index contributed by atoms with van der Waals surface area (Å²) in [6.45, 7) is 9.44. The first-order valence-corrected chi connectivity index (χ1v) is 13.9. The van der Waals surface area contributed by atoms with Gasteiger partial charge >= 0.3 is 18.2 Å². The minimum atomic E-state index is -1.35. The van der Waals surface area contributed by atoms with Crippen LogP contribution in [0.2, 0.25) is 0 Å². The van der Waals surface area contributed by atoms with Crippen LogP contribution in [0.4, 0.5) is 9.59 Å². The fourth-order valence-corrected chi connectivity index (χ4v) is 5.15. The third-order valence-electron chi connectivity index (χ3n) is 7.42. The summed E-state index contributed by atoms with van der Waals surface area (Å²) in [7, 11) is 1.20. The molecule has 2 rings (SSSR count). The summed E-state index contributed by atoms with van der Waals surface area (Å²) in [6, 6.07) is 7.17. The summed E-state index contributed by atoms with van der Waals surface area (Å²) >= 11 is 0. The Balaban J connectivity index is 2.02. The highest BCUT2D eigenvalue weighted by Gasteiger charge is 2.57. The molecule has 1 aromatic rings. The van der Waals surface area contributed by atoms with Gasteiger partial charge in [0.25, 0.3) is 0 Å². The lowest BCUT2D eigenvalue weighted by Gasteiger charge is -2.46. The van der Waals surface area contributed by atoms with Crippen LogP contribution in [-0.2, 0) is 30.5 Å².